The highest BCUT2D eigenvalue weighted by molar-refractivity contribution is 5.32. The zero-order valence-corrected chi connectivity index (χ0v) is 12.3. The molecule has 1 aromatic rings. The Morgan fingerprint density at radius 2 is 1.79 bits per heavy atom. The highest BCUT2D eigenvalue weighted by Gasteiger charge is 2.08. The third-order valence-corrected chi connectivity index (χ3v) is 2.76. The van der Waals surface area contributed by atoms with Gasteiger partial charge in [0.05, 0.1) is 6.61 Å². The van der Waals surface area contributed by atoms with Crippen molar-refractivity contribution in [1.29, 1.82) is 0 Å². The molecule has 0 amide bonds. The molecule has 0 spiro atoms. The van der Waals surface area contributed by atoms with E-state index >= 15 is 0 Å². The van der Waals surface area contributed by atoms with E-state index in [0.29, 0.717) is 13.2 Å². The number of aliphatic hydroxyl groups is 1. The first-order valence-electron chi connectivity index (χ1n) is 6.62. The number of nitrogens with one attached hydrogen (secondary N) is 1. The molecule has 0 aromatic heterocycles. The molecule has 0 bridgehead atoms. The molecule has 0 fully saturated rings. The minimum absolute atomic E-state index is 0.223. The third-order valence-electron chi connectivity index (χ3n) is 2.76. The fraction of sp³-hybridized carbons (Fsp3) is 0.600. The summed E-state index contributed by atoms with van der Waals surface area (Å²) in [5.74, 6) is 0.807. The second-order valence-corrected chi connectivity index (χ2v) is 5.05. The first-order valence-corrected chi connectivity index (χ1v) is 6.62. The van der Waals surface area contributed by atoms with Crippen molar-refractivity contribution in [2.45, 2.75) is 32.9 Å². The van der Waals surface area contributed by atoms with E-state index in [1.807, 2.05) is 32.9 Å². The van der Waals surface area contributed by atoms with Gasteiger partial charge < -0.3 is 19.9 Å². The van der Waals surface area contributed by atoms with Gasteiger partial charge >= 0.3 is 0 Å². The first kappa shape index (κ1) is 16.0. The molecule has 1 aromatic carbocycles. The lowest BCUT2D eigenvalue weighted by molar-refractivity contribution is 0.0972. The standard InChI is InChI=1S/C15H25NO3/c1-11-5-12(2)7-15(6-11)19-10-14(17)8-16-13(3)9-18-4/h5-7,13-14,16-17H,8-10H2,1-4H3. The molecule has 2 unspecified atom stereocenters. The van der Waals surface area contributed by atoms with Gasteiger partial charge in [-0.2, -0.15) is 0 Å². The third kappa shape index (κ3) is 6.57. The number of aliphatic hydroxyl groups excluding tert-OH is 1. The van der Waals surface area contributed by atoms with Gasteiger partial charge in [0.1, 0.15) is 18.5 Å². The molecular formula is C15H25NO3. The predicted octanol–water partition coefficient (Wildman–Crippen LogP) is 1.67. The van der Waals surface area contributed by atoms with Gasteiger partial charge in [-0.1, -0.05) is 6.07 Å². The lowest BCUT2D eigenvalue weighted by atomic mass is 10.1. The summed E-state index contributed by atoms with van der Waals surface area (Å²) < 4.78 is 10.6. The van der Waals surface area contributed by atoms with Crippen molar-refractivity contribution < 1.29 is 14.6 Å². The quantitative estimate of drug-likeness (QED) is 0.752. The lowest BCUT2D eigenvalue weighted by Crippen LogP contribution is -2.38. The number of methoxy groups -OCH3 is 1. The molecule has 0 aliphatic rings. The van der Waals surface area contributed by atoms with E-state index in [1.54, 1.807) is 7.11 Å². The largest absolute Gasteiger partial charge is 0.491 e. The maximum absolute atomic E-state index is 9.84. The summed E-state index contributed by atoms with van der Waals surface area (Å²) in [6.07, 6.45) is -0.528. The van der Waals surface area contributed by atoms with Gasteiger partial charge in [-0.3, -0.25) is 0 Å². The van der Waals surface area contributed by atoms with Crippen molar-refractivity contribution in [3.8, 4) is 5.75 Å². The summed E-state index contributed by atoms with van der Waals surface area (Å²) in [4.78, 5) is 0. The Hall–Kier alpha value is -1.10. The number of hydrogen-bond acceptors (Lipinski definition) is 4. The number of rotatable bonds is 8. The second-order valence-electron chi connectivity index (χ2n) is 5.05. The molecule has 108 valence electrons. The van der Waals surface area contributed by atoms with Crippen molar-refractivity contribution in [1.82, 2.24) is 5.32 Å². The van der Waals surface area contributed by atoms with E-state index in [9.17, 15) is 5.11 Å². The summed E-state index contributed by atoms with van der Waals surface area (Å²) in [5, 5.41) is 13.0. The molecule has 2 atom stereocenters. The monoisotopic (exact) mass is 267 g/mol. The van der Waals surface area contributed by atoms with Crippen LogP contribution in [-0.4, -0.2) is 44.1 Å². The SMILES string of the molecule is COCC(C)NCC(O)COc1cc(C)cc(C)c1. The predicted molar refractivity (Wildman–Crippen MR) is 76.8 cm³/mol. The van der Waals surface area contributed by atoms with Crippen molar-refractivity contribution in [2.75, 3.05) is 26.9 Å². The topological polar surface area (TPSA) is 50.7 Å². The van der Waals surface area contributed by atoms with Gasteiger partial charge in [-0.15, -0.1) is 0 Å². The maximum Gasteiger partial charge on any atom is 0.119 e. The van der Waals surface area contributed by atoms with Crippen molar-refractivity contribution in [3.63, 3.8) is 0 Å². The Morgan fingerprint density at radius 1 is 1.16 bits per heavy atom. The van der Waals surface area contributed by atoms with E-state index < -0.39 is 6.10 Å². The van der Waals surface area contributed by atoms with E-state index in [1.165, 1.54) is 0 Å². The molecule has 0 saturated heterocycles. The average molecular weight is 267 g/mol. The molecule has 0 heterocycles. The lowest BCUT2D eigenvalue weighted by Gasteiger charge is -2.17. The molecule has 1 rings (SSSR count). The zero-order chi connectivity index (χ0) is 14.3. The highest BCUT2D eigenvalue weighted by atomic mass is 16.5. The molecule has 2 N–H and O–H groups in total. The summed E-state index contributed by atoms with van der Waals surface area (Å²) in [6.45, 7) is 7.49. The molecule has 0 radical (unpaired) electrons. The van der Waals surface area contributed by atoms with Crippen LogP contribution in [0.2, 0.25) is 0 Å². The van der Waals surface area contributed by atoms with Crippen LogP contribution in [-0.2, 0) is 4.74 Å². The van der Waals surface area contributed by atoms with Crippen LogP contribution in [0.3, 0.4) is 0 Å². The van der Waals surface area contributed by atoms with Gasteiger partial charge in [0.25, 0.3) is 0 Å². The molecule has 0 aliphatic carbocycles. The van der Waals surface area contributed by atoms with Crippen LogP contribution in [0.1, 0.15) is 18.1 Å². The van der Waals surface area contributed by atoms with Gasteiger partial charge in [-0.25, -0.2) is 0 Å². The molecular weight excluding hydrogens is 242 g/mol. The summed E-state index contributed by atoms with van der Waals surface area (Å²) in [7, 11) is 1.66. The van der Waals surface area contributed by atoms with Gasteiger partial charge in [-0.05, 0) is 44.0 Å². The van der Waals surface area contributed by atoms with Crippen LogP contribution < -0.4 is 10.1 Å². The summed E-state index contributed by atoms with van der Waals surface area (Å²) in [5.41, 5.74) is 2.33. The van der Waals surface area contributed by atoms with Crippen LogP contribution in [0.4, 0.5) is 0 Å². The van der Waals surface area contributed by atoms with Crippen LogP contribution in [0.25, 0.3) is 0 Å². The molecule has 19 heavy (non-hydrogen) atoms. The smallest absolute Gasteiger partial charge is 0.119 e. The fourth-order valence-electron chi connectivity index (χ4n) is 1.91. The molecule has 4 heteroatoms. The van der Waals surface area contributed by atoms with Gasteiger partial charge in [0, 0.05) is 19.7 Å². The van der Waals surface area contributed by atoms with Gasteiger partial charge in [0.15, 0.2) is 0 Å². The van der Waals surface area contributed by atoms with Crippen molar-refractivity contribution >= 4 is 0 Å². The van der Waals surface area contributed by atoms with E-state index in [-0.39, 0.29) is 12.6 Å². The zero-order valence-electron chi connectivity index (χ0n) is 12.3. The normalized spacial score (nSPS) is 14.2. The Morgan fingerprint density at radius 3 is 2.37 bits per heavy atom. The van der Waals surface area contributed by atoms with Crippen LogP contribution in [0, 0.1) is 13.8 Å². The Kier molecular flexibility index (Phi) is 6.84. The van der Waals surface area contributed by atoms with Crippen molar-refractivity contribution in [2.24, 2.45) is 0 Å². The van der Waals surface area contributed by atoms with Gasteiger partial charge in [0.2, 0.25) is 0 Å². The summed E-state index contributed by atoms with van der Waals surface area (Å²) >= 11 is 0. The number of benzene rings is 1. The highest BCUT2D eigenvalue weighted by Crippen LogP contribution is 2.16. The maximum atomic E-state index is 9.84. The minimum atomic E-state index is -0.528. The minimum Gasteiger partial charge on any atom is -0.491 e. The van der Waals surface area contributed by atoms with E-state index in [4.69, 9.17) is 9.47 Å². The second kappa shape index (κ2) is 8.15. The first-order chi connectivity index (χ1) is 9.01. The molecule has 0 aliphatic heterocycles. The Labute approximate surface area is 115 Å². The Bertz CT molecular complexity index is 361. The van der Waals surface area contributed by atoms with E-state index in [2.05, 4.69) is 11.4 Å². The summed E-state index contributed by atoms with van der Waals surface area (Å²) in [6, 6.07) is 6.26. The number of ether oxygens (including phenoxy) is 2. The van der Waals surface area contributed by atoms with Crippen LogP contribution in [0.15, 0.2) is 18.2 Å². The number of hydrogen-bond donors (Lipinski definition) is 2. The van der Waals surface area contributed by atoms with E-state index in [0.717, 1.165) is 16.9 Å². The fourth-order valence-corrected chi connectivity index (χ4v) is 1.91. The van der Waals surface area contributed by atoms with Crippen LogP contribution in [0.5, 0.6) is 5.75 Å². The average Bonchev–Trinajstić information content (AvgIpc) is 2.33. The molecule has 4 nitrogen and oxygen atoms in total. The number of aryl methyl sites for hydroxylation is 2. The van der Waals surface area contributed by atoms with Crippen LogP contribution >= 0.6 is 0 Å². The van der Waals surface area contributed by atoms with Crippen molar-refractivity contribution in [3.05, 3.63) is 29.3 Å². The Balaban J connectivity index is 2.31. The molecule has 0 saturated carbocycles.